The maximum absolute atomic E-state index is 5.64. The first-order chi connectivity index (χ1) is 6.63. The number of hydrogen-bond acceptors (Lipinski definition) is 1. The van der Waals surface area contributed by atoms with Gasteiger partial charge in [-0.3, -0.25) is 0 Å². The summed E-state index contributed by atoms with van der Waals surface area (Å²) in [6, 6.07) is 8.25. The highest BCUT2D eigenvalue weighted by atomic mass is 79.9. The summed E-state index contributed by atoms with van der Waals surface area (Å²) in [7, 11) is 0. The molecule has 0 aliphatic carbocycles. The molecule has 0 saturated heterocycles. The lowest BCUT2D eigenvalue weighted by Gasteiger charge is -2.15. The van der Waals surface area contributed by atoms with Gasteiger partial charge in [0.15, 0.2) is 0 Å². The largest absolute Gasteiger partial charge is 0.355 e. The second-order valence-electron chi connectivity index (χ2n) is 3.31. The molecule has 0 heterocycles. The smallest absolute Gasteiger partial charge is 0.138 e. The van der Waals surface area contributed by atoms with Crippen LogP contribution in [-0.2, 0) is 4.74 Å². The van der Waals surface area contributed by atoms with Gasteiger partial charge in [-0.1, -0.05) is 51.8 Å². The Balaban J connectivity index is 2.69. The van der Waals surface area contributed by atoms with Crippen LogP contribution in [0.15, 0.2) is 36.9 Å². The Labute approximate surface area is 93.9 Å². The van der Waals surface area contributed by atoms with E-state index in [1.807, 2.05) is 19.1 Å². The summed E-state index contributed by atoms with van der Waals surface area (Å²) in [6.45, 7) is 7.72. The average Bonchev–Trinajstić information content (AvgIpc) is 2.17. The third kappa shape index (κ3) is 3.28. The van der Waals surface area contributed by atoms with Crippen molar-refractivity contribution in [3.05, 3.63) is 48.0 Å². The second kappa shape index (κ2) is 5.32. The van der Waals surface area contributed by atoms with Gasteiger partial charge in [0.25, 0.3) is 0 Å². The Morgan fingerprint density at radius 2 is 2.21 bits per heavy atom. The van der Waals surface area contributed by atoms with Crippen LogP contribution in [0, 0.1) is 6.92 Å². The van der Waals surface area contributed by atoms with Gasteiger partial charge in [-0.15, -0.1) is 6.58 Å². The quantitative estimate of drug-likeness (QED) is 0.584. The van der Waals surface area contributed by atoms with Gasteiger partial charge in [0.05, 0.1) is 6.10 Å². The second-order valence-corrected chi connectivity index (χ2v) is 4.14. The Morgan fingerprint density at radius 1 is 1.50 bits per heavy atom. The van der Waals surface area contributed by atoms with E-state index in [4.69, 9.17) is 4.74 Å². The highest BCUT2D eigenvalue weighted by Crippen LogP contribution is 2.26. The lowest BCUT2D eigenvalue weighted by molar-refractivity contribution is 0.0815. The molecule has 1 nitrogen and oxygen atoms in total. The Kier molecular flexibility index (Phi) is 4.36. The molecule has 1 unspecified atom stereocenters. The number of hydrogen-bond donors (Lipinski definition) is 0. The van der Waals surface area contributed by atoms with Crippen LogP contribution in [0.1, 0.15) is 23.1 Å². The average molecular weight is 255 g/mol. The summed E-state index contributed by atoms with van der Waals surface area (Å²) < 4.78 is 5.64. The molecular formula is C12H15BrO. The van der Waals surface area contributed by atoms with Crippen LogP contribution < -0.4 is 0 Å². The molecule has 0 bridgehead atoms. The molecule has 0 spiro atoms. The molecule has 1 aromatic carbocycles. The SMILES string of the molecule is C=C[C@H](C)OC(Br)c1cccc(C)c1. The fourth-order valence-electron chi connectivity index (χ4n) is 1.13. The fourth-order valence-corrected chi connectivity index (χ4v) is 1.76. The number of aryl methyl sites for hydroxylation is 1. The van der Waals surface area contributed by atoms with E-state index < -0.39 is 0 Å². The number of rotatable bonds is 4. The van der Waals surface area contributed by atoms with Crippen molar-refractivity contribution in [2.75, 3.05) is 0 Å². The Morgan fingerprint density at radius 3 is 2.79 bits per heavy atom. The van der Waals surface area contributed by atoms with E-state index in [0.29, 0.717) is 0 Å². The number of halogens is 1. The monoisotopic (exact) mass is 254 g/mol. The van der Waals surface area contributed by atoms with Gasteiger partial charge in [-0.05, 0) is 19.4 Å². The first-order valence-electron chi connectivity index (χ1n) is 4.62. The van der Waals surface area contributed by atoms with Crippen LogP contribution in [0.2, 0.25) is 0 Å². The third-order valence-corrected chi connectivity index (χ3v) is 2.71. The molecule has 76 valence electrons. The van der Waals surface area contributed by atoms with Gasteiger partial charge >= 0.3 is 0 Å². The maximum Gasteiger partial charge on any atom is 0.138 e. The predicted octanol–water partition coefficient (Wildman–Crippen LogP) is 3.98. The van der Waals surface area contributed by atoms with Crippen molar-refractivity contribution in [3.63, 3.8) is 0 Å². The van der Waals surface area contributed by atoms with Gasteiger partial charge in [-0.25, -0.2) is 0 Å². The Hall–Kier alpha value is -0.600. The van der Waals surface area contributed by atoms with Crippen molar-refractivity contribution < 1.29 is 4.74 Å². The highest BCUT2D eigenvalue weighted by Gasteiger charge is 2.09. The van der Waals surface area contributed by atoms with Crippen molar-refractivity contribution in [2.45, 2.75) is 25.0 Å². The zero-order chi connectivity index (χ0) is 10.6. The van der Waals surface area contributed by atoms with E-state index in [9.17, 15) is 0 Å². The van der Waals surface area contributed by atoms with Gasteiger partial charge < -0.3 is 4.74 Å². The van der Waals surface area contributed by atoms with Crippen LogP contribution in [-0.4, -0.2) is 6.10 Å². The first kappa shape index (κ1) is 11.5. The Bertz CT molecular complexity index is 309. The summed E-state index contributed by atoms with van der Waals surface area (Å²) in [5.74, 6) is 0. The first-order valence-corrected chi connectivity index (χ1v) is 5.53. The van der Waals surface area contributed by atoms with Crippen molar-refractivity contribution in [1.29, 1.82) is 0 Å². The summed E-state index contributed by atoms with van der Waals surface area (Å²) in [6.07, 6.45) is 1.84. The molecule has 1 rings (SSSR count). The van der Waals surface area contributed by atoms with Crippen molar-refractivity contribution in [2.24, 2.45) is 0 Å². The molecule has 1 aromatic rings. The van der Waals surface area contributed by atoms with Gasteiger partial charge in [0.2, 0.25) is 0 Å². The topological polar surface area (TPSA) is 9.23 Å². The molecule has 0 amide bonds. The van der Waals surface area contributed by atoms with Gasteiger partial charge in [0, 0.05) is 0 Å². The molecule has 0 aliphatic heterocycles. The van der Waals surface area contributed by atoms with Crippen LogP contribution >= 0.6 is 15.9 Å². The van der Waals surface area contributed by atoms with Crippen molar-refractivity contribution in [3.8, 4) is 0 Å². The molecule has 0 aromatic heterocycles. The number of ether oxygens (including phenoxy) is 1. The minimum absolute atomic E-state index is 0.0555. The van der Waals surface area contributed by atoms with Crippen molar-refractivity contribution >= 4 is 15.9 Å². The van der Waals surface area contributed by atoms with Gasteiger partial charge in [-0.2, -0.15) is 0 Å². The normalized spacial score (nSPS) is 14.8. The summed E-state index contributed by atoms with van der Waals surface area (Å²) >= 11 is 3.49. The molecule has 0 N–H and O–H groups in total. The summed E-state index contributed by atoms with van der Waals surface area (Å²) in [5.41, 5.74) is 2.38. The third-order valence-electron chi connectivity index (χ3n) is 1.97. The molecular weight excluding hydrogens is 240 g/mol. The molecule has 0 fully saturated rings. The minimum atomic E-state index is -0.0598. The van der Waals surface area contributed by atoms with E-state index in [1.165, 1.54) is 5.56 Å². The lowest BCUT2D eigenvalue weighted by atomic mass is 10.1. The van der Waals surface area contributed by atoms with E-state index >= 15 is 0 Å². The highest BCUT2D eigenvalue weighted by molar-refractivity contribution is 9.09. The molecule has 2 atom stereocenters. The molecule has 0 radical (unpaired) electrons. The zero-order valence-corrected chi connectivity index (χ0v) is 10.1. The van der Waals surface area contributed by atoms with E-state index in [1.54, 1.807) is 6.08 Å². The molecule has 0 aliphatic rings. The molecule has 2 heteroatoms. The maximum atomic E-state index is 5.64. The van der Waals surface area contributed by atoms with Crippen LogP contribution in [0.3, 0.4) is 0 Å². The molecule has 14 heavy (non-hydrogen) atoms. The molecule has 0 saturated carbocycles. The van der Waals surface area contributed by atoms with Gasteiger partial charge in [0.1, 0.15) is 5.01 Å². The predicted molar refractivity (Wildman–Crippen MR) is 63.6 cm³/mol. The van der Waals surface area contributed by atoms with E-state index in [0.717, 1.165) is 5.56 Å². The lowest BCUT2D eigenvalue weighted by Crippen LogP contribution is -2.06. The fraction of sp³-hybridized carbons (Fsp3) is 0.333. The van der Waals surface area contributed by atoms with E-state index in [2.05, 4.69) is 41.6 Å². The summed E-state index contributed by atoms with van der Waals surface area (Å²) in [4.78, 5) is 0. The van der Waals surface area contributed by atoms with Crippen LogP contribution in [0.5, 0.6) is 0 Å². The zero-order valence-electron chi connectivity index (χ0n) is 8.53. The summed E-state index contributed by atoms with van der Waals surface area (Å²) in [5, 5.41) is -0.0598. The number of benzene rings is 1. The van der Waals surface area contributed by atoms with Crippen LogP contribution in [0.25, 0.3) is 0 Å². The van der Waals surface area contributed by atoms with E-state index in [-0.39, 0.29) is 11.1 Å². The van der Waals surface area contributed by atoms with Crippen LogP contribution in [0.4, 0.5) is 0 Å². The number of alkyl halides is 1. The van der Waals surface area contributed by atoms with Crippen molar-refractivity contribution in [1.82, 2.24) is 0 Å². The minimum Gasteiger partial charge on any atom is -0.355 e. The standard InChI is InChI=1S/C12H15BrO/c1-4-10(3)14-12(13)11-7-5-6-9(2)8-11/h4-8,10,12H,1H2,2-3H3/t10-,12?/m0/s1.